The quantitative estimate of drug-likeness (QED) is 0.796. The van der Waals surface area contributed by atoms with Gasteiger partial charge in [0.25, 0.3) is 0 Å². The number of ether oxygens (including phenoxy) is 1. The maximum Gasteiger partial charge on any atom is 0.171 e. The molecule has 0 aliphatic carbocycles. The van der Waals surface area contributed by atoms with Crippen molar-refractivity contribution in [2.24, 2.45) is 11.1 Å². The van der Waals surface area contributed by atoms with Gasteiger partial charge in [0.1, 0.15) is 0 Å². The lowest BCUT2D eigenvalue weighted by Gasteiger charge is -2.34. The van der Waals surface area contributed by atoms with Gasteiger partial charge < -0.3 is 10.5 Å². The summed E-state index contributed by atoms with van der Waals surface area (Å²) in [7, 11) is 0. The van der Waals surface area contributed by atoms with E-state index in [2.05, 4.69) is 0 Å². The van der Waals surface area contributed by atoms with Gasteiger partial charge in [-0.15, -0.1) is 0 Å². The van der Waals surface area contributed by atoms with Crippen molar-refractivity contribution in [1.29, 1.82) is 0 Å². The summed E-state index contributed by atoms with van der Waals surface area (Å²) in [4.78, 5) is 12.3. The van der Waals surface area contributed by atoms with Crippen LogP contribution in [0.25, 0.3) is 0 Å². The summed E-state index contributed by atoms with van der Waals surface area (Å²) in [5, 5.41) is 3.83. The van der Waals surface area contributed by atoms with Crippen LogP contribution in [0.15, 0.2) is 16.8 Å². The van der Waals surface area contributed by atoms with E-state index in [1.807, 2.05) is 16.8 Å². The lowest BCUT2D eigenvalue weighted by molar-refractivity contribution is 0.0200. The van der Waals surface area contributed by atoms with E-state index in [1.165, 1.54) is 0 Å². The SMILES string of the molecule is NCC1(C(=O)c2ccsc2)CCOCC1. The van der Waals surface area contributed by atoms with Crippen molar-refractivity contribution in [2.75, 3.05) is 19.8 Å². The topological polar surface area (TPSA) is 52.3 Å². The number of rotatable bonds is 3. The number of carbonyl (C=O) groups excluding carboxylic acids is 1. The Balaban J connectivity index is 2.22. The number of hydrogen-bond donors (Lipinski definition) is 1. The van der Waals surface area contributed by atoms with Crippen LogP contribution in [0.1, 0.15) is 23.2 Å². The number of hydrogen-bond acceptors (Lipinski definition) is 4. The molecule has 4 heteroatoms. The molecule has 1 aromatic heterocycles. The summed E-state index contributed by atoms with van der Waals surface area (Å²) >= 11 is 1.55. The Morgan fingerprint density at radius 3 is 2.80 bits per heavy atom. The molecule has 1 fully saturated rings. The third-order valence-corrected chi connectivity index (χ3v) is 3.79. The summed E-state index contributed by atoms with van der Waals surface area (Å²) in [6.07, 6.45) is 1.50. The molecule has 0 aromatic carbocycles. The van der Waals surface area contributed by atoms with Crippen molar-refractivity contribution >= 4 is 17.1 Å². The largest absolute Gasteiger partial charge is 0.381 e. The van der Waals surface area contributed by atoms with Crippen molar-refractivity contribution in [2.45, 2.75) is 12.8 Å². The smallest absolute Gasteiger partial charge is 0.171 e. The van der Waals surface area contributed by atoms with Crippen LogP contribution < -0.4 is 5.73 Å². The van der Waals surface area contributed by atoms with Crippen molar-refractivity contribution in [3.63, 3.8) is 0 Å². The molecule has 15 heavy (non-hydrogen) atoms. The van der Waals surface area contributed by atoms with E-state index >= 15 is 0 Å². The fourth-order valence-corrected chi connectivity index (χ4v) is 2.62. The van der Waals surface area contributed by atoms with Gasteiger partial charge in [-0.25, -0.2) is 0 Å². The van der Waals surface area contributed by atoms with E-state index in [-0.39, 0.29) is 11.2 Å². The van der Waals surface area contributed by atoms with Gasteiger partial charge in [0.15, 0.2) is 5.78 Å². The molecule has 0 unspecified atom stereocenters. The van der Waals surface area contributed by atoms with E-state index in [4.69, 9.17) is 10.5 Å². The van der Waals surface area contributed by atoms with Gasteiger partial charge >= 0.3 is 0 Å². The second kappa shape index (κ2) is 4.43. The molecule has 2 heterocycles. The molecule has 3 nitrogen and oxygen atoms in total. The van der Waals surface area contributed by atoms with E-state index in [9.17, 15) is 4.79 Å². The molecule has 2 rings (SSSR count). The van der Waals surface area contributed by atoms with Gasteiger partial charge in [0.2, 0.25) is 0 Å². The number of ketones is 1. The Morgan fingerprint density at radius 2 is 2.27 bits per heavy atom. The summed E-state index contributed by atoms with van der Waals surface area (Å²) < 4.78 is 5.29. The molecular formula is C11H15NO2S. The predicted octanol–water partition coefficient (Wildman–Crippen LogP) is 1.69. The first kappa shape index (κ1) is 10.8. The number of thiophene rings is 1. The van der Waals surface area contributed by atoms with E-state index in [0.29, 0.717) is 19.8 Å². The van der Waals surface area contributed by atoms with Crippen LogP contribution in [0, 0.1) is 5.41 Å². The van der Waals surface area contributed by atoms with Gasteiger partial charge in [-0.1, -0.05) is 0 Å². The Hall–Kier alpha value is -0.710. The molecule has 0 bridgehead atoms. The molecule has 0 amide bonds. The number of Topliss-reactive ketones (excluding diaryl/α,β-unsaturated/α-hetero) is 1. The average Bonchev–Trinajstić information content (AvgIpc) is 2.82. The molecule has 2 N–H and O–H groups in total. The second-order valence-corrected chi connectivity index (χ2v) is 4.72. The second-order valence-electron chi connectivity index (χ2n) is 3.94. The standard InChI is InChI=1S/C11H15NO2S/c12-8-11(2-4-14-5-3-11)10(13)9-1-6-15-7-9/h1,6-7H,2-5,8,12H2. The fraction of sp³-hybridized carbons (Fsp3) is 0.545. The fourth-order valence-electron chi connectivity index (χ4n) is 1.99. The zero-order valence-corrected chi connectivity index (χ0v) is 9.39. The highest BCUT2D eigenvalue weighted by Crippen LogP contribution is 2.33. The zero-order valence-electron chi connectivity index (χ0n) is 8.57. The monoisotopic (exact) mass is 225 g/mol. The van der Waals surface area contributed by atoms with E-state index in [1.54, 1.807) is 11.3 Å². The summed E-state index contributed by atoms with van der Waals surface area (Å²) in [5.41, 5.74) is 6.20. The molecule has 0 spiro atoms. The highest BCUT2D eigenvalue weighted by Gasteiger charge is 2.39. The Bertz CT molecular complexity index is 328. The van der Waals surface area contributed by atoms with Crippen LogP contribution in [0.5, 0.6) is 0 Å². The highest BCUT2D eigenvalue weighted by atomic mass is 32.1. The van der Waals surface area contributed by atoms with Crippen LogP contribution in [-0.2, 0) is 4.74 Å². The zero-order chi connectivity index (χ0) is 10.7. The predicted molar refractivity (Wildman–Crippen MR) is 60.2 cm³/mol. The molecule has 82 valence electrons. The molecule has 0 saturated carbocycles. The maximum atomic E-state index is 12.3. The van der Waals surface area contributed by atoms with Crippen molar-refractivity contribution < 1.29 is 9.53 Å². The van der Waals surface area contributed by atoms with Gasteiger partial charge in [-0.3, -0.25) is 4.79 Å². The van der Waals surface area contributed by atoms with E-state index < -0.39 is 0 Å². The molecule has 1 aromatic rings. The third kappa shape index (κ3) is 1.97. The Labute approximate surface area is 93.2 Å². The molecule has 0 radical (unpaired) electrons. The first-order valence-electron chi connectivity index (χ1n) is 5.13. The minimum Gasteiger partial charge on any atom is -0.381 e. The number of carbonyl (C=O) groups is 1. The maximum absolute atomic E-state index is 12.3. The molecule has 0 atom stereocenters. The minimum absolute atomic E-state index is 0.189. The van der Waals surface area contributed by atoms with Crippen molar-refractivity contribution in [3.05, 3.63) is 22.4 Å². The molecule has 1 aliphatic rings. The number of nitrogens with two attached hydrogens (primary N) is 1. The minimum atomic E-state index is -0.376. The van der Waals surface area contributed by atoms with Crippen LogP contribution in [-0.4, -0.2) is 25.5 Å². The summed E-state index contributed by atoms with van der Waals surface area (Å²) in [6, 6.07) is 1.87. The average molecular weight is 225 g/mol. The lowest BCUT2D eigenvalue weighted by Crippen LogP contribution is -2.43. The third-order valence-electron chi connectivity index (χ3n) is 3.11. The van der Waals surface area contributed by atoms with Gasteiger partial charge in [0, 0.05) is 30.7 Å². The van der Waals surface area contributed by atoms with Crippen LogP contribution in [0.3, 0.4) is 0 Å². The van der Waals surface area contributed by atoms with E-state index in [0.717, 1.165) is 18.4 Å². The first-order chi connectivity index (χ1) is 7.28. The van der Waals surface area contributed by atoms with Crippen LogP contribution >= 0.6 is 11.3 Å². The first-order valence-corrected chi connectivity index (χ1v) is 6.08. The summed E-state index contributed by atoms with van der Waals surface area (Å²) in [5.74, 6) is 0.189. The Morgan fingerprint density at radius 1 is 1.53 bits per heavy atom. The normalized spacial score (nSPS) is 20.1. The Kier molecular flexibility index (Phi) is 3.19. The van der Waals surface area contributed by atoms with Crippen LogP contribution in [0.2, 0.25) is 0 Å². The van der Waals surface area contributed by atoms with Crippen LogP contribution in [0.4, 0.5) is 0 Å². The van der Waals surface area contributed by atoms with Gasteiger partial charge in [0.05, 0.1) is 5.41 Å². The van der Waals surface area contributed by atoms with Gasteiger partial charge in [-0.05, 0) is 24.3 Å². The van der Waals surface area contributed by atoms with Gasteiger partial charge in [-0.2, -0.15) is 11.3 Å². The molecule has 1 saturated heterocycles. The van der Waals surface area contributed by atoms with Crippen molar-refractivity contribution in [1.82, 2.24) is 0 Å². The summed E-state index contributed by atoms with van der Waals surface area (Å²) in [6.45, 7) is 1.71. The molecule has 1 aliphatic heterocycles. The lowest BCUT2D eigenvalue weighted by atomic mass is 9.75. The van der Waals surface area contributed by atoms with Crippen molar-refractivity contribution in [3.8, 4) is 0 Å². The molecular weight excluding hydrogens is 210 g/mol. The highest BCUT2D eigenvalue weighted by molar-refractivity contribution is 7.08.